The summed E-state index contributed by atoms with van der Waals surface area (Å²) >= 11 is 0. The highest BCUT2D eigenvalue weighted by Crippen LogP contribution is 2.33. The Labute approximate surface area is 211 Å². The number of hydrogen-bond donors (Lipinski definition) is 0. The van der Waals surface area contributed by atoms with E-state index in [2.05, 4.69) is 17.0 Å². The molecular weight excluding hydrogens is 458 g/mol. The molecule has 36 heavy (non-hydrogen) atoms. The molecule has 1 unspecified atom stereocenters. The molecule has 1 saturated heterocycles. The molecule has 0 spiro atoms. The number of benzene rings is 2. The van der Waals surface area contributed by atoms with Crippen LogP contribution in [0.2, 0.25) is 0 Å². The van der Waals surface area contributed by atoms with Gasteiger partial charge in [0.15, 0.2) is 5.78 Å². The molecule has 0 aromatic heterocycles. The zero-order valence-electron chi connectivity index (χ0n) is 20.9. The monoisotopic (exact) mass is 491 g/mol. The van der Waals surface area contributed by atoms with E-state index >= 15 is 0 Å². The van der Waals surface area contributed by atoms with E-state index in [9.17, 15) is 19.2 Å². The Balaban J connectivity index is 1.37. The van der Waals surface area contributed by atoms with Crippen molar-refractivity contribution in [1.82, 2.24) is 14.7 Å². The molecule has 2 aliphatic rings. The van der Waals surface area contributed by atoms with Crippen molar-refractivity contribution < 1.29 is 23.9 Å². The largest absolute Gasteiger partial charge is 0.489 e. The molecule has 8 heteroatoms. The first-order valence-corrected chi connectivity index (χ1v) is 12.4. The lowest BCUT2D eigenvalue weighted by molar-refractivity contribution is -0.122. The normalized spacial score (nSPS) is 16.6. The number of rotatable bonds is 11. The second kappa shape index (κ2) is 11.5. The van der Waals surface area contributed by atoms with Gasteiger partial charge in [0, 0.05) is 50.3 Å². The Morgan fingerprint density at radius 1 is 1.00 bits per heavy atom. The molecule has 0 N–H and O–H groups in total. The number of carbonyl (C=O) groups excluding carboxylic acids is 4. The first-order chi connectivity index (χ1) is 17.4. The molecule has 4 rings (SSSR count). The first kappa shape index (κ1) is 25.6. The number of hydrogen-bond acceptors (Lipinski definition) is 6. The second-order valence-corrected chi connectivity index (χ2v) is 9.61. The van der Waals surface area contributed by atoms with Crippen molar-refractivity contribution in [3.05, 3.63) is 64.7 Å². The molecule has 0 aliphatic carbocycles. The van der Waals surface area contributed by atoms with Crippen LogP contribution in [0.3, 0.4) is 0 Å². The molecule has 8 nitrogen and oxygen atoms in total. The predicted molar refractivity (Wildman–Crippen MR) is 134 cm³/mol. The van der Waals surface area contributed by atoms with E-state index in [-0.39, 0.29) is 23.9 Å². The highest BCUT2D eigenvalue weighted by atomic mass is 16.5. The molecule has 2 amide bonds. The molecule has 0 saturated carbocycles. The summed E-state index contributed by atoms with van der Waals surface area (Å²) in [5.74, 6) is 0.318. The predicted octanol–water partition coefficient (Wildman–Crippen LogP) is 2.82. The van der Waals surface area contributed by atoms with Crippen LogP contribution in [0.15, 0.2) is 42.5 Å². The third-order valence-electron chi connectivity index (χ3n) is 6.95. The summed E-state index contributed by atoms with van der Waals surface area (Å²) in [4.78, 5) is 53.4. The molecule has 2 aromatic carbocycles. The van der Waals surface area contributed by atoms with Crippen LogP contribution in [0, 0.1) is 0 Å². The highest BCUT2D eigenvalue weighted by Gasteiger charge is 2.36. The van der Waals surface area contributed by atoms with Crippen LogP contribution < -0.4 is 4.74 Å². The van der Waals surface area contributed by atoms with Crippen LogP contribution >= 0.6 is 0 Å². The Bertz CT molecular complexity index is 1120. The van der Waals surface area contributed by atoms with Crippen molar-refractivity contribution in [2.24, 2.45) is 0 Å². The molecular formula is C28H33N3O5. The van der Waals surface area contributed by atoms with E-state index < -0.39 is 6.04 Å². The van der Waals surface area contributed by atoms with Crippen molar-refractivity contribution >= 4 is 23.9 Å². The standard InChI is InChI=1S/C28H33N3O5/c1-20(33)6-11-26(21(2)34)31-17-25-24(28(31)35)4-3-5-27(25)36-18-23-9-7-22(8-10-23)16-29-12-14-30(19-32)15-13-29/h3-5,7-10,19,26H,6,11-18H2,1-2H3. The van der Waals surface area contributed by atoms with E-state index in [1.165, 1.54) is 19.4 Å². The van der Waals surface area contributed by atoms with Gasteiger partial charge in [0.25, 0.3) is 5.91 Å². The number of carbonyl (C=O) groups is 4. The Kier molecular flexibility index (Phi) is 8.15. The fraction of sp³-hybridized carbons (Fsp3) is 0.429. The average molecular weight is 492 g/mol. The number of piperazine rings is 1. The summed E-state index contributed by atoms with van der Waals surface area (Å²) in [6.45, 7) is 7.74. The van der Waals surface area contributed by atoms with Crippen molar-refractivity contribution in [1.29, 1.82) is 0 Å². The van der Waals surface area contributed by atoms with E-state index in [0.29, 0.717) is 30.9 Å². The van der Waals surface area contributed by atoms with Gasteiger partial charge in [-0.1, -0.05) is 30.3 Å². The van der Waals surface area contributed by atoms with Gasteiger partial charge in [-0.25, -0.2) is 0 Å². The summed E-state index contributed by atoms with van der Waals surface area (Å²) in [6, 6.07) is 13.1. The fourth-order valence-corrected chi connectivity index (χ4v) is 4.82. The van der Waals surface area contributed by atoms with Crippen molar-refractivity contribution in [2.45, 2.75) is 52.4 Å². The van der Waals surface area contributed by atoms with Crippen LogP contribution in [0.4, 0.5) is 0 Å². The van der Waals surface area contributed by atoms with Crippen LogP contribution in [0.1, 0.15) is 53.7 Å². The van der Waals surface area contributed by atoms with Gasteiger partial charge in [-0.3, -0.25) is 19.3 Å². The van der Waals surface area contributed by atoms with Gasteiger partial charge in [0.05, 0.1) is 12.6 Å². The number of amides is 2. The molecule has 2 aliphatic heterocycles. The first-order valence-electron chi connectivity index (χ1n) is 12.4. The summed E-state index contributed by atoms with van der Waals surface area (Å²) < 4.78 is 6.12. The number of nitrogens with zero attached hydrogens (tertiary/aromatic N) is 3. The Morgan fingerprint density at radius 3 is 2.33 bits per heavy atom. The Morgan fingerprint density at radius 2 is 1.69 bits per heavy atom. The summed E-state index contributed by atoms with van der Waals surface area (Å²) in [6.07, 6.45) is 1.51. The van der Waals surface area contributed by atoms with E-state index in [1.807, 2.05) is 18.2 Å². The van der Waals surface area contributed by atoms with Gasteiger partial charge in [0.1, 0.15) is 18.1 Å². The molecule has 2 heterocycles. The van der Waals surface area contributed by atoms with Gasteiger partial charge in [-0.15, -0.1) is 0 Å². The Hall–Kier alpha value is -3.52. The molecule has 0 radical (unpaired) electrons. The summed E-state index contributed by atoms with van der Waals surface area (Å²) in [5, 5.41) is 0. The zero-order valence-corrected chi connectivity index (χ0v) is 20.9. The van der Waals surface area contributed by atoms with Gasteiger partial charge in [-0.2, -0.15) is 0 Å². The number of ketones is 2. The van der Waals surface area contributed by atoms with Gasteiger partial charge < -0.3 is 19.3 Å². The number of fused-ring (bicyclic) bond motifs is 1. The number of ether oxygens (including phenoxy) is 1. The SMILES string of the molecule is CC(=O)CCC(C(C)=O)N1Cc2c(OCc3ccc(CN4CCN(C=O)CC4)cc3)cccc2C1=O. The van der Waals surface area contributed by atoms with Crippen molar-refractivity contribution in [3.8, 4) is 5.75 Å². The third kappa shape index (κ3) is 5.99. The van der Waals surface area contributed by atoms with Gasteiger partial charge in [0.2, 0.25) is 6.41 Å². The summed E-state index contributed by atoms with van der Waals surface area (Å²) in [5.41, 5.74) is 3.56. The molecule has 1 fully saturated rings. The summed E-state index contributed by atoms with van der Waals surface area (Å²) in [7, 11) is 0. The highest BCUT2D eigenvalue weighted by molar-refractivity contribution is 6.01. The average Bonchev–Trinajstić information content (AvgIpc) is 3.20. The smallest absolute Gasteiger partial charge is 0.255 e. The lowest BCUT2D eigenvalue weighted by atomic mass is 10.0. The zero-order chi connectivity index (χ0) is 25.7. The third-order valence-corrected chi connectivity index (χ3v) is 6.95. The molecule has 0 bridgehead atoms. The minimum atomic E-state index is -0.615. The lowest BCUT2D eigenvalue weighted by Gasteiger charge is -2.32. The van der Waals surface area contributed by atoms with Crippen LogP contribution in [-0.2, 0) is 34.1 Å². The maximum atomic E-state index is 13.1. The maximum Gasteiger partial charge on any atom is 0.255 e. The minimum absolute atomic E-state index is 0.000854. The van der Waals surface area contributed by atoms with Crippen molar-refractivity contribution in [3.63, 3.8) is 0 Å². The molecule has 2 aromatic rings. The fourth-order valence-electron chi connectivity index (χ4n) is 4.82. The molecule has 190 valence electrons. The number of Topliss-reactive ketones (excluding diaryl/α,β-unsaturated/α-hetero) is 2. The van der Waals surface area contributed by atoms with E-state index in [0.717, 1.165) is 50.3 Å². The van der Waals surface area contributed by atoms with Crippen LogP contribution in [-0.4, -0.2) is 70.8 Å². The minimum Gasteiger partial charge on any atom is -0.489 e. The topological polar surface area (TPSA) is 87.2 Å². The van der Waals surface area contributed by atoms with E-state index in [4.69, 9.17) is 4.74 Å². The van der Waals surface area contributed by atoms with Gasteiger partial charge in [-0.05, 0) is 43.5 Å². The van der Waals surface area contributed by atoms with Gasteiger partial charge >= 0.3 is 0 Å². The van der Waals surface area contributed by atoms with Crippen molar-refractivity contribution in [2.75, 3.05) is 26.2 Å². The second-order valence-electron chi connectivity index (χ2n) is 9.61. The quantitative estimate of drug-likeness (QED) is 0.449. The molecule has 1 atom stereocenters. The lowest BCUT2D eigenvalue weighted by Crippen LogP contribution is -2.45. The maximum absolute atomic E-state index is 13.1. The van der Waals surface area contributed by atoms with Crippen LogP contribution in [0.25, 0.3) is 0 Å². The van der Waals surface area contributed by atoms with Crippen LogP contribution in [0.5, 0.6) is 5.75 Å². The van der Waals surface area contributed by atoms with E-state index in [1.54, 1.807) is 21.9 Å².